The smallest absolute Gasteiger partial charge is 0.306 e. The first kappa shape index (κ1) is 11.5. The van der Waals surface area contributed by atoms with Crippen molar-refractivity contribution in [3.63, 3.8) is 0 Å². The fraction of sp³-hybridized carbons (Fsp3) is 0.417. The van der Waals surface area contributed by atoms with Crippen molar-refractivity contribution >= 4 is 21.4 Å². The Hall–Kier alpha value is -1.56. The molecule has 1 heterocycles. The predicted molar refractivity (Wildman–Crippen MR) is 67.9 cm³/mol. The molecule has 1 spiro atoms. The number of hydrogen-bond acceptors (Lipinski definition) is 4. The van der Waals surface area contributed by atoms with Gasteiger partial charge < -0.3 is 10.4 Å². The van der Waals surface area contributed by atoms with Crippen LogP contribution in [0.5, 0.6) is 0 Å². The van der Waals surface area contributed by atoms with Crippen LogP contribution in [-0.2, 0) is 14.5 Å². The van der Waals surface area contributed by atoms with Crippen LogP contribution in [0.3, 0.4) is 0 Å². The van der Waals surface area contributed by atoms with Crippen molar-refractivity contribution < 1.29 is 14.1 Å². The maximum Gasteiger partial charge on any atom is 0.306 e. The van der Waals surface area contributed by atoms with Crippen LogP contribution in [0.25, 0.3) is 0 Å². The average Bonchev–Trinajstić information content (AvgIpc) is 2.24. The van der Waals surface area contributed by atoms with Gasteiger partial charge in [0.05, 0.1) is 26.2 Å². The highest BCUT2D eigenvalue weighted by Gasteiger charge is 2.50. The van der Waals surface area contributed by atoms with Gasteiger partial charge in [0, 0.05) is 19.1 Å². The van der Waals surface area contributed by atoms with E-state index >= 15 is 0 Å². The number of hydrogen-bond donors (Lipinski definition) is 2. The molecule has 5 nitrogen and oxygen atoms in total. The van der Waals surface area contributed by atoms with E-state index in [4.69, 9.17) is 5.11 Å². The zero-order chi connectivity index (χ0) is 13.0. The molecule has 18 heavy (non-hydrogen) atoms. The van der Waals surface area contributed by atoms with Gasteiger partial charge in [-0.15, -0.1) is 0 Å². The van der Waals surface area contributed by atoms with Gasteiger partial charge in [-0.1, -0.05) is 12.1 Å². The second kappa shape index (κ2) is 3.47. The SMILES string of the molecule is CS1(=O)=NC2(CC(C(=O)O)C2)Nc2ccccc21. The lowest BCUT2D eigenvalue weighted by Gasteiger charge is -2.46. The van der Waals surface area contributed by atoms with E-state index in [1.165, 1.54) is 0 Å². The van der Waals surface area contributed by atoms with Gasteiger partial charge in [0.1, 0.15) is 5.66 Å². The molecule has 1 unspecified atom stereocenters. The fourth-order valence-corrected chi connectivity index (χ4v) is 4.48. The Morgan fingerprint density at radius 3 is 2.83 bits per heavy atom. The first-order valence-electron chi connectivity index (χ1n) is 5.75. The molecule has 0 aromatic heterocycles. The third-order valence-electron chi connectivity index (χ3n) is 3.53. The molecule has 2 N–H and O–H groups in total. The predicted octanol–water partition coefficient (Wildman–Crippen LogP) is 1.76. The minimum absolute atomic E-state index is 0.387. The summed E-state index contributed by atoms with van der Waals surface area (Å²) >= 11 is 0. The monoisotopic (exact) mass is 266 g/mol. The Morgan fingerprint density at radius 1 is 1.50 bits per heavy atom. The van der Waals surface area contributed by atoms with Crippen LogP contribution in [0.4, 0.5) is 5.69 Å². The maximum absolute atomic E-state index is 12.6. The van der Waals surface area contributed by atoms with Crippen LogP contribution in [0.1, 0.15) is 12.8 Å². The zero-order valence-corrected chi connectivity index (χ0v) is 10.7. The van der Waals surface area contributed by atoms with Gasteiger partial charge in [-0.25, -0.2) is 8.57 Å². The summed E-state index contributed by atoms with van der Waals surface area (Å²) < 4.78 is 16.9. The van der Waals surface area contributed by atoms with Crippen LogP contribution >= 0.6 is 0 Å². The number of carboxylic acid groups (broad SMARTS) is 1. The number of carboxylic acids is 1. The molecule has 1 aliphatic carbocycles. The van der Waals surface area contributed by atoms with E-state index in [0.717, 1.165) is 5.69 Å². The first-order valence-corrected chi connectivity index (χ1v) is 7.68. The average molecular weight is 266 g/mol. The van der Waals surface area contributed by atoms with Crippen molar-refractivity contribution in [2.45, 2.75) is 23.4 Å². The number of nitrogens with zero attached hydrogens (tertiary/aromatic N) is 1. The van der Waals surface area contributed by atoms with Gasteiger partial charge in [-0.05, 0) is 12.1 Å². The molecule has 0 bridgehead atoms. The number of nitrogens with one attached hydrogen (secondary N) is 1. The Labute approximate surface area is 105 Å². The van der Waals surface area contributed by atoms with E-state index in [2.05, 4.69) is 9.68 Å². The summed E-state index contributed by atoms with van der Waals surface area (Å²) in [6, 6.07) is 7.36. The second-order valence-electron chi connectivity index (χ2n) is 4.99. The van der Waals surface area contributed by atoms with E-state index in [-0.39, 0.29) is 5.92 Å². The largest absolute Gasteiger partial charge is 0.481 e. The molecule has 1 aromatic carbocycles. The summed E-state index contributed by atoms with van der Waals surface area (Å²) in [5.41, 5.74) is 0.160. The third kappa shape index (κ3) is 1.59. The van der Waals surface area contributed by atoms with Gasteiger partial charge in [0.25, 0.3) is 0 Å². The Bertz CT molecular complexity index is 640. The molecule has 0 amide bonds. The van der Waals surface area contributed by atoms with E-state index in [1.54, 1.807) is 12.3 Å². The molecule has 0 radical (unpaired) electrons. The van der Waals surface area contributed by atoms with Crippen LogP contribution in [-0.4, -0.2) is 27.2 Å². The van der Waals surface area contributed by atoms with E-state index < -0.39 is 21.4 Å². The quantitative estimate of drug-likeness (QED) is 0.811. The maximum atomic E-state index is 12.6. The van der Waals surface area contributed by atoms with Gasteiger partial charge in [-0.3, -0.25) is 4.79 Å². The number of para-hydroxylation sites is 1. The number of benzene rings is 1. The Balaban J connectivity index is 2.01. The summed E-state index contributed by atoms with van der Waals surface area (Å²) in [6.07, 6.45) is 2.42. The molecule has 1 atom stereocenters. The van der Waals surface area contributed by atoms with Crippen LogP contribution in [0.15, 0.2) is 33.5 Å². The minimum atomic E-state index is -2.44. The summed E-state index contributed by atoms with van der Waals surface area (Å²) in [5, 5.41) is 12.2. The number of rotatable bonds is 1. The Kier molecular flexibility index (Phi) is 2.22. The molecule has 3 rings (SSSR count). The normalized spacial score (nSPS) is 37.1. The molecule has 1 saturated carbocycles. The second-order valence-corrected chi connectivity index (χ2v) is 7.22. The molecule has 1 aliphatic heterocycles. The molecule has 2 aliphatic rings. The van der Waals surface area contributed by atoms with Gasteiger partial charge in [0.15, 0.2) is 0 Å². The lowest BCUT2D eigenvalue weighted by molar-refractivity contribution is -0.146. The highest BCUT2D eigenvalue weighted by atomic mass is 32.2. The van der Waals surface area contributed by atoms with Crippen molar-refractivity contribution in [3.8, 4) is 0 Å². The molecule has 96 valence electrons. The number of fused-ring (bicyclic) bond motifs is 1. The summed E-state index contributed by atoms with van der Waals surface area (Å²) in [6.45, 7) is 0. The number of aliphatic carboxylic acids is 1. The lowest BCUT2D eigenvalue weighted by Crippen LogP contribution is -2.53. The molecular weight excluding hydrogens is 252 g/mol. The van der Waals surface area contributed by atoms with Crippen LogP contribution in [0, 0.1) is 5.92 Å². The lowest BCUT2D eigenvalue weighted by atomic mass is 9.74. The van der Waals surface area contributed by atoms with Gasteiger partial charge in [-0.2, -0.15) is 0 Å². The van der Waals surface area contributed by atoms with E-state index in [1.807, 2.05) is 18.2 Å². The summed E-state index contributed by atoms with van der Waals surface area (Å²) in [7, 11) is -2.44. The summed E-state index contributed by atoms with van der Waals surface area (Å²) in [5.74, 6) is -1.19. The van der Waals surface area contributed by atoms with Crippen LogP contribution in [0.2, 0.25) is 0 Å². The fourth-order valence-electron chi connectivity index (χ4n) is 2.66. The van der Waals surface area contributed by atoms with Gasteiger partial charge >= 0.3 is 5.97 Å². The van der Waals surface area contributed by atoms with Gasteiger partial charge in [0.2, 0.25) is 0 Å². The van der Waals surface area contributed by atoms with Crippen LogP contribution < -0.4 is 5.32 Å². The highest BCUT2D eigenvalue weighted by Crippen LogP contribution is 2.46. The van der Waals surface area contributed by atoms with Crippen molar-refractivity contribution in [1.82, 2.24) is 0 Å². The van der Waals surface area contributed by atoms with Crippen molar-refractivity contribution in [1.29, 1.82) is 0 Å². The highest BCUT2D eigenvalue weighted by molar-refractivity contribution is 7.93. The number of carbonyl (C=O) groups is 1. The topological polar surface area (TPSA) is 78.8 Å². The van der Waals surface area contributed by atoms with Crippen molar-refractivity contribution in [3.05, 3.63) is 24.3 Å². The molecule has 1 fully saturated rings. The molecule has 1 aromatic rings. The minimum Gasteiger partial charge on any atom is -0.481 e. The van der Waals surface area contributed by atoms with Crippen molar-refractivity contribution in [2.75, 3.05) is 11.6 Å². The molecule has 0 saturated heterocycles. The molecule has 6 heteroatoms. The van der Waals surface area contributed by atoms with Crippen molar-refractivity contribution in [2.24, 2.45) is 10.3 Å². The Morgan fingerprint density at radius 2 is 2.17 bits per heavy atom. The van der Waals surface area contributed by atoms with E-state index in [9.17, 15) is 9.00 Å². The third-order valence-corrected chi connectivity index (χ3v) is 5.40. The standard InChI is InChI=1S/C12H14N2O3S/c1-18(17)10-5-3-2-4-9(10)13-12(14-18)6-8(7-12)11(15)16/h2-5,8,13H,6-7H2,1H3,(H,15,16). The van der Waals surface area contributed by atoms with E-state index in [0.29, 0.717) is 17.7 Å². The zero-order valence-electron chi connectivity index (χ0n) is 9.92. The first-order chi connectivity index (χ1) is 8.42. The number of anilines is 1. The molecular formula is C12H14N2O3S. The summed E-state index contributed by atoms with van der Waals surface area (Å²) in [4.78, 5) is 11.6.